The average molecular weight is 317 g/mol. The second-order valence-corrected chi connectivity index (χ2v) is 5.46. The molecule has 3 N–H and O–H groups in total. The zero-order valence-electron chi connectivity index (χ0n) is 13.2. The van der Waals surface area contributed by atoms with Crippen LogP contribution in [0, 0.1) is 0 Å². The van der Waals surface area contributed by atoms with Gasteiger partial charge >= 0.3 is 0 Å². The molecule has 0 saturated heterocycles. The summed E-state index contributed by atoms with van der Waals surface area (Å²) in [6.07, 6.45) is 0. The number of methoxy groups -OCH3 is 2. The molecule has 1 amide bonds. The number of carbonyl (C=O) groups excluding carboxylic acids is 1. The van der Waals surface area contributed by atoms with E-state index in [1.807, 2.05) is 18.2 Å². The molecule has 6 heteroatoms. The SMILES string of the molecule is COc1ccc(C(C)(C)CNC(=O)[C@H](C)N)cc1OC.Cl. The topological polar surface area (TPSA) is 73.6 Å². The van der Waals surface area contributed by atoms with Crippen molar-refractivity contribution in [3.8, 4) is 11.5 Å². The fraction of sp³-hybridized carbons (Fsp3) is 0.533. The van der Waals surface area contributed by atoms with E-state index in [1.165, 1.54) is 0 Å². The number of rotatable bonds is 6. The smallest absolute Gasteiger partial charge is 0.236 e. The summed E-state index contributed by atoms with van der Waals surface area (Å²) < 4.78 is 10.5. The van der Waals surface area contributed by atoms with Crippen molar-refractivity contribution in [1.82, 2.24) is 5.32 Å². The van der Waals surface area contributed by atoms with Crippen LogP contribution in [-0.4, -0.2) is 32.7 Å². The molecule has 5 nitrogen and oxygen atoms in total. The Hall–Kier alpha value is -1.46. The lowest BCUT2D eigenvalue weighted by atomic mass is 9.84. The first kappa shape index (κ1) is 19.5. The fourth-order valence-electron chi connectivity index (χ4n) is 1.83. The largest absolute Gasteiger partial charge is 0.493 e. The number of amides is 1. The van der Waals surface area contributed by atoms with E-state index in [9.17, 15) is 4.79 Å². The number of nitrogens with one attached hydrogen (secondary N) is 1. The summed E-state index contributed by atoms with van der Waals surface area (Å²) in [5.41, 5.74) is 6.36. The van der Waals surface area contributed by atoms with Crippen molar-refractivity contribution in [2.24, 2.45) is 5.73 Å². The predicted molar refractivity (Wildman–Crippen MR) is 86.5 cm³/mol. The summed E-state index contributed by atoms with van der Waals surface area (Å²) in [5.74, 6) is 1.21. The first-order valence-electron chi connectivity index (χ1n) is 6.57. The predicted octanol–water partition coefficient (Wildman–Crippen LogP) is 1.87. The van der Waals surface area contributed by atoms with Gasteiger partial charge < -0.3 is 20.5 Å². The minimum Gasteiger partial charge on any atom is -0.493 e. The molecule has 1 atom stereocenters. The molecule has 0 aliphatic rings. The summed E-state index contributed by atoms with van der Waals surface area (Å²) in [5, 5.41) is 2.85. The molecule has 0 unspecified atom stereocenters. The molecule has 0 saturated carbocycles. The normalized spacial score (nSPS) is 12.1. The summed E-state index contributed by atoms with van der Waals surface area (Å²) >= 11 is 0. The lowest BCUT2D eigenvalue weighted by Gasteiger charge is -2.27. The van der Waals surface area contributed by atoms with Gasteiger partial charge in [-0.1, -0.05) is 19.9 Å². The van der Waals surface area contributed by atoms with E-state index in [4.69, 9.17) is 15.2 Å². The quantitative estimate of drug-likeness (QED) is 0.840. The minimum atomic E-state index is -0.504. The number of benzene rings is 1. The van der Waals surface area contributed by atoms with E-state index in [-0.39, 0.29) is 23.7 Å². The van der Waals surface area contributed by atoms with Crippen LogP contribution in [0.25, 0.3) is 0 Å². The molecule has 0 bridgehead atoms. The second-order valence-electron chi connectivity index (χ2n) is 5.46. The molecule has 1 rings (SSSR count). The fourth-order valence-corrected chi connectivity index (χ4v) is 1.83. The summed E-state index contributed by atoms with van der Waals surface area (Å²) in [6.45, 7) is 6.27. The average Bonchev–Trinajstić information content (AvgIpc) is 2.43. The standard InChI is InChI=1S/C15H24N2O3.ClH/c1-10(16)14(18)17-9-15(2,3)11-6-7-12(19-4)13(8-11)20-5;/h6-8,10H,9,16H2,1-5H3,(H,17,18);1H/t10-;/m0./s1. The number of carbonyl (C=O) groups is 1. The zero-order valence-corrected chi connectivity index (χ0v) is 14.0. The van der Waals surface area contributed by atoms with Crippen molar-refractivity contribution in [2.75, 3.05) is 20.8 Å². The van der Waals surface area contributed by atoms with E-state index < -0.39 is 6.04 Å². The van der Waals surface area contributed by atoms with Crippen LogP contribution >= 0.6 is 12.4 Å². The molecule has 0 aliphatic carbocycles. The van der Waals surface area contributed by atoms with Gasteiger partial charge in [-0.3, -0.25) is 4.79 Å². The third kappa shape index (κ3) is 5.10. The van der Waals surface area contributed by atoms with Gasteiger partial charge in [-0.2, -0.15) is 0 Å². The van der Waals surface area contributed by atoms with Crippen LogP contribution in [0.4, 0.5) is 0 Å². The maximum absolute atomic E-state index is 11.6. The molecule has 21 heavy (non-hydrogen) atoms. The van der Waals surface area contributed by atoms with Gasteiger partial charge in [-0.05, 0) is 24.6 Å². The molecule has 0 heterocycles. The lowest BCUT2D eigenvalue weighted by Crippen LogP contribution is -2.43. The Kier molecular flexibility index (Phi) is 7.53. The molecular weight excluding hydrogens is 292 g/mol. The molecule has 1 aromatic rings. The monoisotopic (exact) mass is 316 g/mol. The lowest BCUT2D eigenvalue weighted by molar-refractivity contribution is -0.122. The molecule has 0 radical (unpaired) electrons. The van der Waals surface area contributed by atoms with E-state index in [2.05, 4.69) is 19.2 Å². The Morgan fingerprint density at radius 3 is 2.33 bits per heavy atom. The highest BCUT2D eigenvalue weighted by Gasteiger charge is 2.23. The van der Waals surface area contributed by atoms with Gasteiger partial charge in [-0.15, -0.1) is 12.4 Å². The molecular formula is C15H25ClN2O3. The third-order valence-corrected chi connectivity index (χ3v) is 3.28. The number of hydrogen-bond acceptors (Lipinski definition) is 4. The van der Waals surface area contributed by atoms with Crippen LogP contribution < -0.4 is 20.5 Å². The molecule has 120 valence electrons. The van der Waals surface area contributed by atoms with Gasteiger partial charge in [0.1, 0.15) is 0 Å². The number of halogens is 1. The highest BCUT2D eigenvalue weighted by Crippen LogP contribution is 2.32. The van der Waals surface area contributed by atoms with E-state index in [0.717, 1.165) is 5.56 Å². The first-order chi connectivity index (χ1) is 9.31. The van der Waals surface area contributed by atoms with Crippen LogP contribution in [0.15, 0.2) is 18.2 Å². The van der Waals surface area contributed by atoms with Gasteiger partial charge in [-0.25, -0.2) is 0 Å². The molecule has 0 aromatic heterocycles. The Morgan fingerprint density at radius 2 is 1.86 bits per heavy atom. The Morgan fingerprint density at radius 1 is 1.29 bits per heavy atom. The molecule has 0 aliphatic heterocycles. The maximum Gasteiger partial charge on any atom is 0.236 e. The van der Waals surface area contributed by atoms with E-state index in [0.29, 0.717) is 18.0 Å². The van der Waals surface area contributed by atoms with Gasteiger partial charge in [0.05, 0.1) is 20.3 Å². The first-order valence-corrected chi connectivity index (χ1v) is 6.57. The van der Waals surface area contributed by atoms with Crippen LogP contribution in [0.5, 0.6) is 11.5 Å². The van der Waals surface area contributed by atoms with Crippen molar-refractivity contribution < 1.29 is 14.3 Å². The van der Waals surface area contributed by atoms with E-state index in [1.54, 1.807) is 21.1 Å². The van der Waals surface area contributed by atoms with Gasteiger partial charge in [0, 0.05) is 12.0 Å². The Bertz CT molecular complexity index is 476. The van der Waals surface area contributed by atoms with Gasteiger partial charge in [0.15, 0.2) is 11.5 Å². The van der Waals surface area contributed by atoms with E-state index >= 15 is 0 Å². The van der Waals surface area contributed by atoms with Crippen molar-refractivity contribution in [3.05, 3.63) is 23.8 Å². The number of ether oxygens (including phenoxy) is 2. The summed E-state index contributed by atoms with van der Waals surface area (Å²) in [4.78, 5) is 11.6. The van der Waals surface area contributed by atoms with Crippen LogP contribution in [0.2, 0.25) is 0 Å². The van der Waals surface area contributed by atoms with Crippen molar-refractivity contribution in [1.29, 1.82) is 0 Å². The summed E-state index contributed by atoms with van der Waals surface area (Å²) in [6, 6.07) is 5.26. The van der Waals surface area contributed by atoms with Gasteiger partial charge in [0.2, 0.25) is 5.91 Å². The Balaban J connectivity index is 0.00000400. The number of nitrogens with two attached hydrogens (primary N) is 1. The molecule has 1 aromatic carbocycles. The minimum absolute atomic E-state index is 0. The number of hydrogen-bond donors (Lipinski definition) is 2. The maximum atomic E-state index is 11.6. The van der Waals surface area contributed by atoms with Crippen LogP contribution in [0.3, 0.4) is 0 Å². The Labute approximate surface area is 132 Å². The highest BCUT2D eigenvalue weighted by molar-refractivity contribution is 5.85. The highest BCUT2D eigenvalue weighted by atomic mass is 35.5. The van der Waals surface area contributed by atoms with Crippen LogP contribution in [-0.2, 0) is 10.2 Å². The zero-order chi connectivity index (χ0) is 15.3. The van der Waals surface area contributed by atoms with Gasteiger partial charge in [0.25, 0.3) is 0 Å². The molecule has 0 fully saturated rings. The van der Waals surface area contributed by atoms with Crippen molar-refractivity contribution >= 4 is 18.3 Å². The summed E-state index contributed by atoms with van der Waals surface area (Å²) in [7, 11) is 3.21. The second kappa shape index (κ2) is 8.10. The molecule has 0 spiro atoms. The van der Waals surface area contributed by atoms with Crippen molar-refractivity contribution in [3.63, 3.8) is 0 Å². The third-order valence-electron chi connectivity index (χ3n) is 3.28. The van der Waals surface area contributed by atoms with Crippen LogP contribution in [0.1, 0.15) is 26.3 Å². The van der Waals surface area contributed by atoms with Crippen molar-refractivity contribution in [2.45, 2.75) is 32.2 Å².